The lowest BCUT2D eigenvalue weighted by Crippen LogP contribution is -2.19. The highest BCUT2D eigenvalue weighted by molar-refractivity contribution is 7.16. The lowest BCUT2D eigenvalue weighted by molar-refractivity contribution is 0.108. The Morgan fingerprint density at radius 2 is 2.31 bits per heavy atom. The summed E-state index contributed by atoms with van der Waals surface area (Å²) in [6.07, 6.45) is 4.13. The monoisotopic (exact) mass is 239 g/mol. The summed E-state index contributed by atoms with van der Waals surface area (Å²) < 4.78 is 7.23. The summed E-state index contributed by atoms with van der Waals surface area (Å²) in [7, 11) is 4.35. The van der Waals surface area contributed by atoms with Gasteiger partial charge in [0, 0.05) is 7.11 Å². The molecular formula is C9H14N5OP. The van der Waals surface area contributed by atoms with Gasteiger partial charge in [0.25, 0.3) is 0 Å². The average molecular weight is 239 g/mol. The maximum atomic E-state index is 5.70. The molecule has 2 unspecified atom stereocenters. The van der Waals surface area contributed by atoms with Crippen LogP contribution >= 0.6 is 9.24 Å². The minimum absolute atomic E-state index is 0.124. The lowest BCUT2D eigenvalue weighted by atomic mass is 10.4. The van der Waals surface area contributed by atoms with E-state index in [0.717, 1.165) is 11.8 Å². The van der Waals surface area contributed by atoms with Crippen LogP contribution in [0.1, 0.15) is 0 Å². The van der Waals surface area contributed by atoms with Gasteiger partial charge in [0.2, 0.25) is 0 Å². The van der Waals surface area contributed by atoms with E-state index in [1.54, 1.807) is 13.4 Å². The molecule has 2 rings (SSSR count). The van der Waals surface area contributed by atoms with Crippen LogP contribution in [0.3, 0.4) is 0 Å². The highest BCUT2D eigenvalue weighted by Crippen LogP contribution is 2.15. The second-order valence-corrected chi connectivity index (χ2v) is 3.89. The molecule has 0 amide bonds. The molecular weight excluding hydrogens is 225 g/mol. The van der Waals surface area contributed by atoms with E-state index in [1.807, 2.05) is 4.57 Å². The fourth-order valence-corrected chi connectivity index (χ4v) is 1.84. The molecule has 2 N–H and O–H groups in total. The summed E-state index contributed by atoms with van der Waals surface area (Å²) in [4.78, 5) is 12.3. The van der Waals surface area contributed by atoms with Crippen molar-refractivity contribution in [3.63, 3.8) is 0 Å². The number of anilines is 1. The summed E-state index contributed by atoms with van der Waals surface area (Å²) in [5, 5.41) is 0. The van der Waals surface area contributed by atoms with Gasteiger partial charge in [0.05, 0.1) is 19.0 Å². The largest absolute Gasteiger partial charge is 0.382 e. The fraction of sp³-hybridized carbons (Fsp3) is 0.444. The third-order valence-corrected chi connectivity index (χ3v) is 2.95. The zero-order chi connectivity index (χ0) is 11.5. The average Bonchev–Trinajstić information content (AvgIpc) is 2.71. The van der Waals surface area contributed by atoms with E-state index in [2.05, 4.69) is 24.2 Å². The quantitative estimate of drug-likeness (QED) is 0.776. The van der Waals surface area contributed by atoms with E-state index in [9.17, 15) is 0 Å². The van der Waals surface area contributed by atoms with Crippen LogP contribution in [0.15, 0.2) is 12.7 Å². The van der Waals surface area contributed by atoms with Crippen LogP contribution in [0.5, 0.6) is 0 Å². The molecule has 0 radical (unpaired) electrons. The first-order valence-electron chi connectivity index (χ1n) is 4.90. The molecule has 0 spiro atoms. The molecule has 0 saturated carbocycles. The molecule has 2 atom stereocenters. The number of rotatable bonds is 4. The molecule has 7 heteroatoms. The van der Waals surface area contributed by atoms with Crippen molar-refractivity contribution in [2.24, 2.45) is 0 Å². The molecule has 16 heavy (non-hydrogen) atoms. The van der Waals surface area contributed by atoms with Gasteiger partial charge in [-0.2, -0.15) is 0 Å². The second-order valence-electron chi connectivity index (χ2n) is 3.42. The van der Waals surface area contributed by atoms with E-state index in [1.165, 1.54) is 6.33 Å². The first-order valence-corrected chi connectivity index (χ1v) is 5.72. The summed E-state index contributed by atoms with van der Waals surface area (Å²) in [6.45, 7) is 0.701. The van der Waals surface area contributed by atoms with Crippen molar-refractivity contribution >= 4 is 26.2 Å². The smallest absolute Gasteiger partial charge is 0.165 e. The van der Waals surface area contributed by atoms with Gasteiger partial charge >= 0.3 is 0 Å². The van der Waals surface area contributed by atoms with Crippen LogP contribution in [0.2, 0.25) is 0 Å². The Morgan fingerprint density at radius 3 is 3.00 bits per heavy atom. The molecule has 0 aromatic carbocycles. The van der Waals surface area contributed by atoms with Crippen molar-refractivity contribution in [1.29, 1.82) is 0 Å². The van der Waals surface area contributed by atoms with Gasteiger partial charge in [-0.05, 0) is 6.16 Å². The number of hydrogen-bond acceptors (Lipinski definition) is 5. The first-order chi connectivity index (χ1) is 7.76. The third kappa shape index (κ3) is 1.99. The maximum absolute atomic E-state index is 5.70. The predicted molar refractivity (Wildman–Crippen MR) is 65.1 cm³/mol. The Labute approximate surface area is 95.4 Å². The Bertz CT molecular complexity index is 482. The molecule has 0 aliphatic heterocycles. The van der Waals surface area contributed by atoms with E-state index in [4.69, 9.17) is 10.5 Å². The molecule has 86 valence electrons. The molecule has 0 aliphatic carbocycles. The number of aromatic nitrogens is 4. The van der Waals surface area contributed by atoms with E-state index in [0.29, 0.717) is 17.9 Å². The zero-order valence-corrected chi connectivity index (χ0v) is 10.2. The van der Waals surface area contributed by atoms with Crippen LogP contribution in [-0.2, 0) is 11.3 Å². The molecule has 0 fully saturated rings. The van der Waals surface area contributed by atoms with Crippen LogP contribution in [0.25, 0.3) is 11.2 Å². The Hall–Kier alpha value is -1.26. The van der Waals surface area contributed by atoms with Crippen molar-refractivity contribution in [3.05, 3.63) is 12.7 Å². The fourth-order valence-electron chi connectivity index (χ4n) is 1.50. The van der Waals surface area contributed by atoms with Gasteiger partial charge in [-0.1, -0.05) is 0 Å². The van der Waals surface area contributed by atoms with Crippen molar-refractivity contribution in [2.45, 2.75) is 12.6 Å². The predicted octanol–water partition coefficient (Wildman–Crippen LogP) is 0.299. The van der Waals surface area contributed by atoms with E-state index in [-0.39, 0.29) is 6.10 Å². The maximum Gasteiger partial charge on any atom is 0.165 e. The van der Waals surface area contributed by atoms with Crippen LogP contribution in [0, 0.1) is 0 Å². The van der Waals surface area contributed by atoms with E-state index >= 15 is 0 Å². The van der Waals surface area contributed by atoms with Crippen LogP contribution in [0.4, 0.5) is 5.82 Å². The molecule has 0 saturated heterocycles. The molecule has 6 nitrogen and oxygen atoms in total. The number of fused-ring (bicyclic) bond motifs is 1. The molecule has 0 aliphatic rings. The summed E-state index contributed by atoms with van der Waals surface area (Å²) in [6, 6.07) is 0. The SMILES string of the molecule is COC(CP)Cn1cnc2c(N)ncnc21. The molecule has 0 bridgehead atoms. The van der Waals surface area contributed by atoms with Gasteiger partial charge in [-0.3, -0.25) is 0 Å². The van der Waals surface area contributed by atoms with Crippen molar-refractivity contribution < 1.29 is 4.74 Å². The number of imidazole rings is 1. The van der Waals surface area contributed by atoms with E-state index < -0.39 is 0 Å². The Kier molecular flexibility index (Phi) is 3.31. The Balaban J connectivity index is 2.35. The number of nitrogens with two attached hydrogens (primary N) is 1. The standard InChI is InChI=1S/C9H14N5OP/c1-15-6(3-16)2-14-5-13-7-8(10)11-4-12-9(7)14/h4-6H,2-3,16H2,1H3,(H2,10,11,12). The minimum Gasteiger partial charge on any atom is -0.382 e. The van der Waals surface area contributed by atoms with Gasteiger partial charge in [-0.25, -0.2) is 15.0 Å². The highest BCUT2D eigenvalue weighted by atomic mass is 31.0. The normalized spacial score (nSPS) is 13.1. The molecule has 2 aromatic heterocycles. The number of methoxy groups -OCH3 is 1. The summed E-state index contributed by atoms with van der Waals surface area (Å²) >= 11 is 0. The zero-order valence-electron chi connectivity index (χ0n) is 9.00. The molecule has 2 aromatic rings. The molecule has 2 heterocycles. The van der Waals surface area contributed by atoms with Gasteiger partial charge in [0.15, 0.2) is 11.5 Å². The highest BCUT2D eigenvalue weighted by Gasteiger charge is 2.11. The van der Waals surface area contributed by atoms with Crippen LogP contribution < -0.4 is 5.73 Å². The van der Waals surface area contributed by atoms with Crippen molar-refractivity contribution in [1.82, 2.24) is 19.5 Å². The van der Waals surface area contributed by atoms with Gasteiger partial charge < -0.3 is 15.0 Å². The number of nitrogen functional groups attached to an aromatic ring is 1. The minimum atomic E-state index is 0.124. The van der Waals surface area contributed by atoms with Gasteiger partial charge in [-0.15, -0.1) is 9.24 Å². The van der Waals surface area contributed by atoms with Gasteiger partial charge in [0.1, 0.15) is 11.8 Å². The third-order valence-electron chi connectivity index (χ3n) is 2.43. The second kappa shape index (κ2) is 4.72. The number of nitrogens with zero attached hydrogens (tertiary/aromatic N) is 4. The van der Waals surface area contributed by atoms with Crippen molar-refractivity contribution in [2.75, 3.05) is 19.0 Å². The number of hydrogen-bond donors (Lipinski definition) is 1. The van der Waals surface area contributed by atoms with Crippen LogP contribution in [-0.4, -0.2) is 38.9 Å². The summed E-state index contributed by atoms with van der Waals surface area (Å²) in [5.74, 6) is 0.406. The number of ether oxygens (including phenoxy) is 1. The first kappa shape index (κ1) is 11.2. The Morgan fingerprint density at radius 1 is 1.50 bits per heavy atom. The topological polar surface area (TPSA) is 78.9 Å². The lowest BCUT2D eigenvalue weighted by Gasteiger charge is -2.13. The summed E-state index contributed by atoms with van der Waals surface area (Å²) in [5.41, 5.74) is 7.09. The van der Waals surface area contributed by atoms with Crippen molar-refractivity contribution in [3.8, 4) is 0 Å².